The average molecular weight is 260 g/mol. The minimum atomic E-state index is -0.245. The van der Waals surface area contributed by atoms with Crippen LogP contribution in [0.2, 0.25) is 0 Å². The Labute approximate surface area is 115 Å². The van der Waals surface area contributed by atoms with Crippen molar-refractivity contribution in [2.75, 3.05) is 6.54 Å². The fraction of sp³-hybridized carbons (Fsp3) is 0.500. The van der Waals surface area contributed by atoms with Gasteiger partial charge in [-0.05, 0) is 36.5 Å². The van der Waals surface area contributed by atoms with Crippen molar-refractivity contribution in [3.63, 3.8) is 0 Å². The Morgan fingerprint density at radius 1 is 1.32 bits per heavy atom. The predicted octanol–water partition coefficient (Wildman–Crippen LogP) is 3.05. The van der Waals surface area contributed by atoms with Gasteiger partial charge >= 0.3 is 0 Å². The largest absolute Gasteiger partial charge is 0.393 e. The van der Waals surface area contributed by atoms with Crippen molar-refractivity contribution >= 4 is 10.9 Å². The standard InChI is InChI=1S/C16H24N2O/c1-12(19)9-16(2,3)11-17-10-13-5-4-6-15-14(13)7-8-18-15/h4-8,12,17-19H,9-11H2,1-3H3. The van der Waals surface area contributed by atoms with Gasteiger partial charge in [-0.2, -0.15) is 0 Å². The van der Waals surface area contributed by atoms with E-state index in [9.17, 15) is 5.11 Å². The number of nitrogens with one attached hydrogen (secondary N) is 2. The van der Waals surface area contributed by atoms with Crippen LogP contribution in [0, 0.1) is 5.41 Å². The third-order valence-electron chi connectivity index (χ3n) is 3.45. The Bertz CT molecular complexity index is 528. The van der Waals surface area contributed by atoms with Gasteiger partial charge in [0.1, 0.15) is 0 Å². The van der Waals surface area contributed by atoms with Crippen molar-refractivity contribution in [1.29, 1.82) is 0 Å². The van der Waals surface area contributed by atoms with E-state index >= 15 is 0 Å². The Kier molecular flexibility index (Phi) is 4.27. The van der Waals surface area contributed by atoms with E-state index in [0.717, 1.165) is 19.5 Å². The van der Waals surface area contributed by atoms with Gasteiger partial charge in [0, 0.05) is 30.2 Å². The van der Waals surface area contributed by atoms with Crippen molar-refractivity contribution in [3.8, 4) is 0 Å². The van der Waals surface area contributed by atoms with Crippen LogP contribution in [-0.2, 0) is 6.54 Å². The summed E-state index contributed by atoms with van der Waals surface area (Å²) in [5.74, 6) is 0. The van der Waals surface area contributed by atoms with Gasteiger partial charge in [-0.25, -0.2) is 0 Å². The molecule has 0 bridgehead atoms. The van der Waals surface area contributed by atoms with Crippen molar-refractivity contribution in [2.24, 2.45) is 5.41 Å². The lowest BCUT2D eigenvalue weighted by Gasteiger charge is -2.26. The molecule has 0 aliphatic rings. The second-order valence-electron chi connectivity index (χ2n) is 6.18. The van der Waals surface area contributed by atoms with Crippen LogP contribution in [0.25, 0.3) is 10.9 Å². The Hall–Kier alpha value is -1.32. The molecule has 1 atom stereocenters. The first-order valence-electron chi connectivity index (χ1n) is 6.92. The molecule has 0 saturated heterocycles. The molecule has 1 aromatic heterocycles. The van der Waals surface area contributed by atoms with Gasteiger partial charge in [-0.3, -0.25) is 0 Å². The Morgan fingerprint density at radius 2 is 2.11 bits per heavy atom. The molecular formula is C16H24N2O. The van der Waals surface area contributed by atoms with Gasteiger partial charge in [0.15, 0.2) is 0 Å². The monoisotopic (exact) mass is 260 g/mol. The maximum Gasteiger partial charge on any atom is 0.0517 e. The molecule has 0 amide bonds. The number of aromatic amines is 1. The van der Waals surface area contributed by atoms with E-state index in [1.165, 1.54) is 16.5 Å². The number of benzene rings is 1. The maximum atomic E-state index is 9.49. The first-order chi connectivity index (χ1) is 8.98. The number of aliphatic hydroxyl groups excluding tert-OH is 1. The summed E-state index contributed by atoms with van der Waals surface area (Å²) in [6.07, 6.45) is 2.55. The summed E-state index contributed by atoms with van der Waals surface area (Å²) in [4.78, 5) is 3.23. The highest BCUT2D eigenvalue weighted by Crippen LogP contribution is 2.22. The molecule has 0 fully saturated rings. The number of H-pyrrole nitrogens is 1. The summed E-state index contributed by atoms with van der Waals surface area (Å²) < 4.78 is 0. The molecule has 3 nitrogen and oxygen atoms in total. The first kappa shape index (κ1) is 14.1. The van der Waals surface area contributed by atoms with Gasteiger partial charge in [0.25, 0.3) is 0 Å². The number of aliphatic hydroxyl groups is 1. The number of fused-ring (bicyclic) bond motifs is 1. The molecule has 1 unspecified atom stereocenters. The number of rotatable bonds is 6. The second kappa shape index (κ2) is 5.76. The highest BCUT2D eigenvalue weighted by Gasteiger charge is 2.19. The smallest absolute Gasteiger partial charge is 0.0517 e. The van der Waals surface area contributed by atoms with Gasteiger partial charge in [0.2, 0.25) is 0 Å². The van der Waals surface area contributed by atoms with Gasteiger partial charge in [-0.1, -0.05) is 26.0 Å². The first-order valence-corrected chi connectivity index (χ1v) is 6.92. The molecule has 0 saturated carbocycles. The molecule has 0 aliphatic carbocycles. The van der Waals surface area contributed by atoms with Crippen LogP contribution >= 0.6 is 0 Å². The van der Waals surface area contributed by atoms with E-state index in [0.29, 0.717) is 0 Å². The lowest BCUT2D eigenvalue weighted by atomic mass is 9.87. The van der Waals surface area contributed by atoms with Crippen LogP contribution in [0.4, 0.5) is 0 Å². The summed E-state index contributed by atoms with van der Waals surface area (Å²) >= 11 is 0. The molecule has 2 aromatic rings. The molecule has 19 heavy (non-hydrogen) atoms. The highest BCUT2D eigenvalue weighted by molar-refractivity contribution is 5.82. The normalized spacial score (nSPS) is 13.9. The highest BCUT2D eigenvalue weighted by atomic mass is 16.3. The summed E-state index contributed by atoms with van der Waals surface area (Å²) in [6.45, 7) is 7.98. The van der Waals surface area contributed by atoms with Crippen LogP contribution in [0.5, 0.6) is 0 Å². The van der Waals surface area contributed by atoms with E-state index in [1.807, 2.05) is 13.1 Å². The molecular weight excluding hydrogens is 236 g/mol. The van der Waals surface area contributed by atoms with E-state index in [2.05, 4.69) is 48.4 Å². The van der Waals surface area contributed by atoms with Gasteiger partial charge in [-0.15, -0.1) is 0 Å². The second-order valence-corrected chi connectivity index (χ2v) is 6.18. The Morgan fingerprint density at radius 3 is 2.84 bits per heavy atom. The number of hydrogen-bond donors (Lipinski definition) is 3. The van der Waals surface area contributed by atoms with E-state index in [4.69, 9.17) is 0 Å². The minimum Gasteiger partial charge on any atom is -0.393 e. The van der Waals surface area contributed by atoms with Crippen molar-refractivity contribution in [3.05, 3.63) is 36.0 Å². The van der Waals surface area contributed by atoms with E-state index in [1.54, 1.807) is 0 Å². The fourth-order valence-electron chi connectivity index (χ4n) is 2.71. The summed E-state index contributed by atoms with van der Waals surface area (Å²) in [5.41, 5.74) is 2.61. The van der Waals surface area contributed by atoms with Crippen molar-refractivity contribution in [2.45, 2.75) is 39.8 Å². The van der Waals surface area contributed by atoms with E-state index < -0.39 is 0 Å². The lowest BCUT2D eigenvalue weighted by molar-refractivity contribution is 0.128. The molecule has 104 valence electrons. The zero-order valence-electron chi connectivity index (χ0n) is 12.0. The topological polar surface area (TPSA) is 48.0 Å². The molecule has 3 heteroatoms. The third kappa shape index (κ3) is 3.82. The van der Waals surface area contributed by atoms with Crippen LogP contribution in [0.15, 0.2) is 30.5 Å². The lowest BCUT2D eigenvalue weighted by Crippen LogP contribution is -2.31. The predicted molar refractivity (Wildman–Crippen MR) is 80.1 cm³/mol. The molecule has 1 aromatic carbocycles. The van der Waals surface area contributed by atoms with E-state index in [-0.39, 0.29) is 11.5 Å². The molecule has 0 spiro atoms. The zero-order chi connectivity index (χ0) is 13.9. The van der Waals surface area contributed by atoms with Crippen LogP contribution in [-0.4, -0.2) is 22.7 Å². The average Bonchev–Trinajstić information content (AvgIpc) is 2.75. The fourth-order valence-corrected chi connectivity index (χ4v) is 2.71. The van der Waals surface area contributed by atoms with Crippen molar-refractivity contribution in [1.82, 2.24) is 10.3 Å². The Balaban J connectivity index is 1.94. The van der Waals surface area contributed by atoms with Gasteiger partial charge in [0.05, 0.1) is 6.10 Å². The molecule has 0 radical (unpaired) electrons. The molecule has 0 aliphatic heterocycles. The van der Waals surface area contributed by atoms with Crippen molar-refractivity contribution < 1.29 is 5.11 Å². The maximum absolute atomic E-state index is 9.49. The SMILES string of the molecule is CC(O)CC(C)(C)CNCc1cccc2[nH]ccc12. The van der Waals surface area contributed by atoms with Crippen LogP contribution in [0.1, 0.15) is 32.8 Å². The minimum absolute atomic E-state index is 0.111. The quantitative estimate of drug-likeness (QED) is 0.747. The zero-order valence-corrected chi connectivity index (χ0v) is 12.0. The molecule has 1 heterocycles. The number of aromatic nitrogens is 1. The van der Waals surface area contributed by atoms with Crippen LogP contribution in [0.3, 0.4) is 0 Å². The number of hydrogen-bond acceptors (Lipinski definition) is 2. The van der Waals surface area contributed by atoms with Crippen LogP contribution < -0.4 is 5.32 Å². The molecule has 3 N–H and O–H groups in total. The van der Waals surface area contributed by atoms with Gasteiger partial charge < -0.3 is 15.4 Å². The summed E-state index contributed by atoms with van der Waals surface area (Å²) in [5, 5.41) is 14.3. The summed E-state index contributed by atoms with van der Waals surface area (Å²) in [6, 6.07) is 8.45. The summed E-state index contributed by atoms with van der Waals surface area (Å²) in [7, 11) is 0. The molecule has 2 rings (SSSR count). The third-order valence-corrected chi connectivity index (χ3v) is 3.45.